The molecular formula is C43H48. The second-order valence-electron chi connectivity index (χ2n) is 14.5. The Labute approximate surface area is 260 Å². The molecule has 6 rings (SSSR count). The Kier molecular flexibility index (Phi) is 7.84. The molecule has 220 valence electrons. The molecule has 0 atom stereocenters. The molecule has 2 aliphatic rings. The molecule has 0 unspecified atom stereocenters. The van der Waals surface area contributed by atoms with Gasteiger partial charge in [-0.3, -0.25) is 0 Å². The van der Waals surface area contributed by atoms with Crippen molar-refractivity contribution in [3.05, 3.63) is 128 Å². The number of benzene rings is 4. The van der Waals surface area contributed by atoms with E-state index in [0.717, 1.165) is 12.8 Å². The Hall–Kier alpha value is -3.64. The van der Waals surface area contributed by atoms with Gasteiger partial charge in [-0.25, -0.2) is 0 Å². The molecule has 0 bridgehead atoms. The van der Waals surface area contributed by atoms with Gasteiger partial charge < -0.3 is 0 Å². The molecule has 43 heavy (non-hydrogen) atoms. The SMILES string of the molecule is Cc1cc(C)cc(-c2cccc3c2C=C(C(CC(C)C)(CC(C)C)C2=Cc4c(cccc4-c4cc(C)cc(C)c4)C2)C3)c1. The van der Waals surface area contributed by atoms with Crippen LogP contribution in [0.15, 0.2) is 83.9 Å². The van der Waals surface area contributed by atoms with Crippen LogP contribution in [0.3, 0.4) is 0 Å². The van der Waals surface area contributed by atoms with Crippen LogP contribution in [0.5, 0.6) is 0 Å². The largest absolute Gasteiger partial charge is 0.0627 e. The molecule has 0 aliphatic heterocycles. The van der Waals surface area contributed by atoms with Crippen molar-refractivity contribution in [3.63, 3.8) is 0 Å². The number of hydrogen-bond acceptors (Lipinski definition) is 0. The summed E-state index contributed by atoms with van der Waals surface area (Å²) in [6, 6.07) is 27.9. The molecule has 2 aliphatic carbocycles. The quantitative estimate of drug-likeness (QED) is 0.200. The Morgan fingerprint density at radius 1 is 0.535 bits per heavy atom. The van der Waals surface area contributed by atoms with Gasteiger partial charge in [0, 0.05) is 5.41 Å². The van der Waals surface area contributed by atoms with Gasteiger partial charge in [-0.2, -0.15) is 0 Å². The number of allylic oxidation sites excluding steroid dienone is 2. The molecular weight excluding hydrogens is 516 g/mol. The maximum absolute atomic E-state index is 2.61. The monoisotopic (exact) mass is 564 g/mol. The molecule has 0 fully saturated rings. The summed E-state index contributed by atoms with van der Waals surface area (Å²) in [5.41, 5.74) is 19.9. The predicted molar refractivity (Wildman–Crippen MR) is 187 cm³/mol. The van der Waals surface area contributed by atoms with Crippen molar-refractivity contribution < 1.29 is 0 Å². The molecule has 0 N–H and O–H groups in total. The molecule has 0 saturated heterocycles. The molecule has 4 aromatic carbocycles. The first kappa shape index (κ1) is 29.4. The van der Waals surface area contributed by atoms with Gasteiger partial charge in [-0.1, -0.05) is 146 Å². The Bertz CT molecular complexity index is 1580. The highest BCUT2D eigenvalue weighted by atomic mass is 14.5. The highest BCUT2D eigenvalue weighted by Crippen LogP contribution is 2.55. The standard InChI is InChI=1S/C43H48/c1-27(2)25-43(26-28(3)4,37-21-33-11-9-13-39(41(33)23-37)35-17-29(5)15-30(6)18-35)38-22-34-12-10-14-40(42(34)24-38)36-19-31(7)16-32(8)20-36/h9-20,23-24,27-28H,21-22,25-26H2,1-8H3. The van der Waals surface area contributed by atoms with Crippen LogP contribution in [0.1, 0.15) is 85.0 Å². The first-order valence-electron chi connectivity index (χ1n) is 16.4. The summed E-state index contributed by atoms with van der Waals surface area (Å²) in [5.74, 6) is 1.21. The zero-order chi connectivity index (χ0) is 30.5. The van der Waals surface area contributed by atoms with Gasteiger partial charge in [0.25, 0.3) is 0 Å². The lowest BCUT2D eigenvalue weighted by molar-refractivity contribution is 0.273. The van der Waals surface area contributed by atoms with E-state index >= 15 is 0 Å². The molecule has 0 heterocycles. The molecule has 0 spiro atoms. The fourth-order valence-corrected chi connectivity index (χ4v) is 8.32. The summed E-state index contributed by atoms with van der Waals surface area (Å²) in [4.78, 5) is 0. The van der Waals surface area contributed by atoms with Crippen LogP contribution in [0.2, 0.25) is 0 Å². The Morgan fingerprint density at radius 3 is 1.26 bits per heavy atom. The van der Waals surface area contributed by atoms with E-state index in [0.29, 0.717) is 11.8 Å². The Balaban J connectivity index is 1.51. The lowest BCUT2D eigenvalue weighted by Gasteiger charge is -2.40. The Morgan fingerprint density at radius 2 is 0.907 bits per heavy atom. The van der Waals surface area contributed by atoms with Crippen LogP contribution in [0.25, 0.3) is 34.4 Å². The van der Waals surface area contributed by atoms with Crippen LogP contribution in [-0.2, 0) is 12.8 Å². The van der Waals surface area contributed by atoms with E-state index < -0.39 is 0 Å². The van der Waals surface area contributed by atoms with Crippen molar-refractivity contribution in [2.45, 2.75) is 81.1 Å². The normalized spacial score (nSPS) is 14.3. The van der Waals surface area contributed by atoms with Gasteiger partial charge in [0.15, 0.2) is 0 Å². The topological polar surface area (TPSA) is 0 Å². The van der Waals surface area contributed by atoms with E-state index in [1.54, 1.807) is 11.1 Å². The molecule has 0 nitrogen and oxygen atoms in total. The fourth-order valence-electron chi connectivity index (χ4n) is 8.32. The summed E-state index contributed by atoms with van der Waals surface area (Å²) >= 11 is 0. The average molecular weight is 565 g/mol. The van der Waals surface area contributed by atoms with E-state index in [1.807, 2.05) is 0 Å². The van der Waals surface area contributed by atoms with Crippen molar-refractivity contribution in [3.8, 4) is 22.3 Å². The van der Waals surface area contributed by atoms with Crippen LogP contribution >= 0.6 is 0 Å². The van der Waals surface area contributed by atoms with Gasteiger partial charge in [-0.15, -0.1) is 0 Å². The van der Waals surface area contributed by atoms with E-state index in [2.05, 4.69) is 140 Å². The fraction of sp³-hybridized carbons (Fsp3) is 0.349. The third-order valence-electron chi connectivity index (χ3n) is 9.60. The molecule has 4 aromatic rings. The summed E-state index contributed by atoms with van der Waals surface area (Å²) in [5, 5.41) is 0. The van der Waals surface area contributed by atoms with Gasteiger partial charge in [-0.05, 0) is 110 Å². The summed E-state index contributed by atoms with van der Waals surface area (Å²) < 4.78 is 0. The van der Waals surface area contributed by atoms with Crippen molar-refractivity contribution in [2.24, 2.45) is 17.3 Å². The second-order valence-corrected chi connectivity index (χ2v) is 14.5. The minimum Gasteiger partial charge on any atom is -0.0627 e. The molecule has 0 amide bonds. The van der Waals surface area contributed by atoms with E-state index in [1.165, 1.54) is 79.6 Å². The summed E-state index contributed by atoms with van der Waals surface area (Å²) in [7, 11) is 0. The van der Waals surface area contributed by atoms with Gasteiger partial charge in [0.2, 0.25) is 0 Å². The maximum Gasteiger partial charge on any atom is 0.0139 e. The number of aryl methyl sites for hydroxylation is 4. The molecule has 0 heteroatoms. The molecule has 0 aromatic heterocycles. The number of rotatable bonds is 8. The minimum absolute atomic E-state index is 0.0416. The highest BCUT2D eigenvalue weighted by molar-refractivity contribution is 5.85. The minimum atomic E-state index is 0.0416. The highest BCUT2D eigenvalue weighted by Gasteiger charge is 2.42. The molecule has 0 radical (unpaired) electrons. The summed E-state index contributed by atoms with van der Waals surface area (Å²) in [6.45, 7) is 18.5. The van der Waals surface area contributed by atoms with Crippen molar-refractivity contribution in [1.29, 1.82) is 0 Å². The first-order valence-corrected chi connectivity index (χ1v) is 16.4. The third-order valence-corrected chi connectivity index (χ3v) is 9.60. The number of fused-ring (bicyclic) bond motifs is 2. The van der Waals surface area contributed by atoms with E-state index in [9.17, 15) is 0 Å². The van der Waals surface area contributed by atoms with Gasteiger partial charge in [0.05, 0.1) is 0 Å². The van der Waals surface area contributed by atoms with Crippen LogP contribution in [0, 0.1) is 44.9 Å². The number of hydrogen-bond donors (Lipinski definition) is 0. The van der Waals surface area contributed by atoms with E-state index in [-0.39, 0.29) is 5.41 Å². The average Bonchev–Trinajstić information content (AvgIpc) is 3.56. The van der Waals surface area contributed by atoms with E-state index in [4.69, 9.17) is 0 Å². The smallest absolute Gasteiger partial charge is 0.0139 e. The molecule has 0 saturated carbocycles. The first-order chi connectivity index (χ1) is 20.5. The van der Waals surface area contributed by atoms with Crippen molar-refractivity contribution in [1.82, 2.24) is 0 Å². The zero-order valence-corrected chi connectivity index (χ0v) is 27.6. The predicted octanol–water partition coefficient (Wildman–Crippen LogP) is 11.9. The van der Waals surface area contributed by atoms with Crippen LogP contribution in [-0.4, -0.2) is 0 Å². The van der Waals surface area contributed by atoms with Crippen LogP contribution < -0.4 is 0 Å². The lowest BCUT2D eigenvalue weighted by atomic mass is 9.63. The van der Waals surface area contributed by atoms with Gasteiger partial charge in [0.1, 0.15) is 0 Å². The van der Waals surface area contributed by atoms with Gasteiger partial charge >= 0.3 is 0 Å². The second kappa shape index (κ2) is 11.5. The van der Waals surface area contributed by atoms with Crippen LogP contribution in [0.4, 0.5) is 0 Å². The third kappa shape index (κ3) is 5.70. The zero-order valence-electron chi connectivity index (χ0n) is 27.6. The maximum atomic E-state index is 2.61. The summed E-state index contributed by atoms with van der Waals surface area (Å²) in [6.07, 6.45) is 9.69. The lowest BCUT2D eigenvalue weighted by Crippen LogP contribution is -2.30. The van der Waals surface area contributed by atoms with Crippen molar-refractivity contribution in [2.75, 3.05) is 0 Å². The van der Waals surface area contributed by atoms with Crippen molar-refractivity contribution >= 4 is 12.2 Å².